The van der Waals surface area contributed by atoms with E-state index in [1.807, 2.05) is 30.3 Å². The Kier molecular flexibility index (Phi) is 4.78. The van der Waals surface area contributed by atoms with Gasteiger partial charge in [-0.3, -0.25) is 4.79 Å². The quantitative estimate of drug-likeness (QED) is 0.524. The summed E-state index contributed by atoms with van der Waals surface area (Å²) in [6, 6.07) is 19.6. The van der Waals surface area contributed by atoms with Crippen LogP contribution in [0.15, 0.2) is 71.3 Å². The molecule has 0 fully saturated rings. The second kappa shape index (κ2) is 7.55. The van der Waals surface area contributed by atoms with Crippen LogP contribution in [0.25, 0.3) is 22.4 Å². The van der Waals surface area contributed by atoms with Crippen LogP contribution in [0.4, 0.5) is 0 Å². The number of hydrogen-bond donors (Lipinski definition) is 1. The van der Waals surface area contributed by atoms with Crippen molar-refractivity contribution in [3.63, 3.8) is 0 Å². The van der Waals surface area contributed by atoms with Gasteiger partial charge in [0.2, 0.25) is 6.10 Å². The highest BCUT2D eigenvalue weighted by atomic mass is 16.5. The smallest absolute Gasteiger partial charge is 0.340 e. The van der Waals surface area contributed by atoms with E-state index in [9.17, 15) is 9.59 Å². The number of fused-ring (bicyclic) bond motifs is 1. The molecule has 2 aromatic carbocycles. The topological polar surface area (TPSA) is 108 Å². The van der Waals surface area contributed by atoms with E-state index >= 15 is 0 Å². The van der Waals surface area contributed by atoms with E-state index in [4.69, 9.17) is 15.0 Å². The molecule has 7 heteroatoms. The van der Waals surface area contributed by atoms with Crippen LogP contribution >= 0.6 is 0 Å². The Labute approximate surface area is 166 Å². The first-order valence-electron chi connectivity index (χ1n) is 8.92. The molecule has 0 aliphatic carbocycles. The molecule has 2 heterocycles. The summed E-state index contributed by atoms with van der Waals surface area (Å²) in [5, 5.41) is 4.35. The van der Waals surface area contributed by atoms with Crippen molar-refractivity contribution >= 4 is 23.0 Å². The predicted octanol–water partition coefficient (Wildman–Crippen LogP) is 3.58. The first kappa shape index (κ1) is 18.4. The van der Waals surface area contributed by atoms with Gasteiger partial charge < -0.3 is 15.0 Å². The van der Waals surface area contributed by atoms with Crippen LogP contribution < -0.4 is 5.73 Å². The van der Waals surface area contributed by atoms with Gasteiger partial charge >= 0.3 is 5.97 Å². The van der Waals surface area contributed by atoms with Gasteiger partial charge in [0.25, 0.3) is 11.6 Å². The van der Waals surface area contributed by atoms with Crippen molar-refractivity contribution in [2.75, 3.05) is 0 Å². The molecular formula is C22H17N3O4. The summed E-state index contributed by atoms with van der Waals surface area (Å²) in [6.07, 6.45) is -1.22. The molecule has 0 aliphatic heterocycles. The number of benzene rings is 2. The van der Waals surface area contributed by atoms with Gasteiger partial charge in [0, 0.05) is 11.1 Å². The molecule has 0 spiro atoms. The normalized spacial score (nSPS) is 11.9. The molecule has 0 radical (unpaired) electrons. The molecule has 4 rings (SSSR count). The number of nitrogens with two attached hydrogens (primary N) is 1. The van der Waals surface area contributed by atoms with Gasteiger partial charge in [0.05, 0.1) is 22.3 Å². The Hall–Kier alpha value is -4.00. The summed E-state index contributed by atoms with van der Waals surface area (Å²) in [5.41, 5.74) is 8.20. The minimum Gasteiger partial charge on any atom is -0.444 e. The van der Waals surface area contributed by atoms with E-state index in [0.717, 1.165) is 5.56 Å². The molecule has 4 aromatic rings. The summed E-state index contributed by atoms with van der Waals surface area (Å²) in [4.78, 5) is 29.4. The number of carbonyl (C=O) groups is 2. The van der Waals surface area contributed by atoms with Gasteiger partial charge in [-0.05, 0) is 13.0 Å². The molecule has 1 unspecified atom stereocenters. The van der Waals surface area contributed by atoms with Crippen LogP contribution in [0.2, 0.25) is 0 Å². The van der Waals surface area contributed by atoms with E-state index in [-0.39, 0.29) is 11.3 Å². The van der Waals surface area contributed by atoms with Crippen LogP contribution in [0.5, 0.6) is 0 Å². The predicted molar refractivity (Wildman–Crippen MR) is 106 cm³/mol. The number of carbonyl (C=O) groups excluding carboxylic acids is 2. The van der Waals surface area contributed by atoms with Crippen molar-refractivity contribution in [3.8, 4) is 11.3 Å². The Morgan fingerprint density at radius 3 is 2.34 bits per heavy atom. The maximum absolute atomic E-state index is 13.1. The molecule has 29 heavy (non-hydrogen) atoms. The second-order valence-electron chi connectivity index (χ2n) is 6.47. The van der Waals surface area contributed by atoms with Crippen LogP contribution in [-0.2, 0) is 9.53 Å². The Bertz CT molecular complexity index is 1190. The van der Waals surface area contributed by atoms with Gasteiger partial charge in [0.1, 0.15) is 0 Å². The summed E-state index contributed by atoms with van der Waals surface area (Å²) in [7, 11) is 0. The minimum atomic E-state index is -1.22. The number of esters is 1. The van der Waals surface area contributed by atoms with Crippen molar-refractivity contribution in [2.24, 2.45) is 5.73 Å². The lowest BCUT2D eigenvalue weighted by molar-refractivity contribution is -0.127. The molecule has 2 N–H and O–H groups in total. The number of aryl methyl sites for hydroxylation is 1. The van der Waals surface area contributed by atoms with E-state index in [0.29, 0.717) is 22.3 Å². The molecule has 2 aromatic heterocycles. The molecule has 1 amide bonds. The van der Waals surface area contributed by atoms with Gasteiger partial charge in [-0.15, -0.1) is 0 Å². The van der Waals surface area contributed by atoms with E-state index in [1.165, 1.54) is 0 Å². The molecule has 7 nitrogen and oxygen atoms in total. The van der Waals surface area contributed by atoms with Crippen LogP contribution in [0.3, 0.4) is 0 Å². The fourth-order valence-electron chi connectivity index (χ4n) is 3.10. The fourth-order valence-corrected chi connectivity index (χ4v) is 3.10. The van der Waals surface area contributed by atoms with Crippen molar-refractivity contribution in [3.05, 3.63) is 83.6 Å². The first-order valence-corrected chi connectivity index (χ1v) is 8.92. The molecule has 0 saturated heterocycles. The highest BCUT2D eigenvalue weighted by molar-refractivity contribution is 6.05. The SMILES string of the molecule is Cc1noc2nc(-c3ccccc3)cc(C(=O)OC(C(N)=O)c3ccccc3)c12. The first-order chi connectivity index (χ1) is 14.0. The zero-order valence-corrected chi connectivity index (χ0v) is 15.5. The van der Waals surface area contributed by atoms with Crippen molar-refractivity contribution in [1.29, 1.82) is 0 Å². The third kappa shape index (κ3) is 3.58. The van der Waals surface area contributed by atoms with Crippen LogP contribution in [0.1, 0.15) is 27.7 Å². The zero-order chi connectivity index (χ0) is 20.4. The van der Waals surface area contributed by atoms with E-state index < -0.39 is 18.0 Å². The number of rotatable bonds is 5. The van der Waals surface area contributed by atoms with Crippen molar-refractivity contribution in [2.45, 2.75) is 13.0 Å². The maximum Gasteiger partial charge on any atom is 0.340 e. The summed E-state index contributed by atoms with van der Waals surface area (Å²) < 4.78 is 10.8. The highest BCUT2D eigenvalue weighted by Gasteiger charge is 2.26. The van der Waals surface area contributed by atoms with Gasteiger partial charge in [-0.1, -0.05) is 65.8 Å². The lowest BCUT2D eigenvalue weighted by Gasteiger charge is -2.15. The number of ether oxygens (including phenoxy) is 1. The monoisotopic (exact) mass is 387 g/mol. The number of amides is 1. The van der Waals surface area contributed by atoms with E-state index in [1.54, 1.807) is 43.3 Å². The van der Waals surface area contributed by atoms with Gasteiger partial charge in [0.15, 0.2) is 0 Å². The summed E-state index contributed by atoms with van der Waals surface area (Å²) in [6.45, 7) is 1.70. The molecule has 0 aliphatic rings. The largest absolute Gasteiger partial charge is 0.444 e. The number of nitrogens with zero attached hydrogens (tertiary/aromatic N) is 2. The van der Waals surface area contributed by atoms with Crippen LogP contribution in [0, 0.1) is 6.92 Å². The number of aromatic nitrogens is 2. The maximum atomic E-state index is 13.1. The van der Waals surface area contributed by atoms with Crippen molar-refractivity contribution in [1.82, 2.24) is 10.1 Å². The van der Waals surface area contributed by atoms with Gasteiger partial charge in [-0.2, -0.15) is 0 Å². The average Bonchev–Trinajstić information content (AvgIpc) is 3.13. The summed E-state index contributed by atoms with van der Waals surface area (Å²) >= 11 is 0. The number of primary amides is 1. The minimum absolute atomic E-state index is 0.204. The van der Waals surface area contributed by atoms with Crippen LogP contribution in [-0.4, -0.2) is 22.0 Å². The lowest BCUT2D eigenvalue weighted by Crippen LogP contribution is -2.26. The Balaban J connectivity index is 1.78. The standard InChI is InChI=1S/C22H17N3O4/c1-13-18-16(22(27)28-19(20(23)26)15-10-6-3-7-11-15)12-17(24-21(18)29-25-13)14-8-4-2-5-9-14/h2-12,19H,1H3,(H2,23,26). The molecule has 0 saturated carbocycles. The summed E-state index contributed by atoms with van der Waals surface area (Å²) in [5.74, 6) is -1.48. The number of pyridine rings is 1. The third-order valence-electron chi connectivity index (χ3n) is 4.49. The molecule has 144 valence electrons. The number of hydrogen-bond acceptors (Lipinski definition) is 6. The average molecular weight is 387 g/mol. The molecule has 0 bridgehead atoms. The van der Waals surface area contributed by atoms with Gasteiger partial charge in [-0.25, -0.2) is 9.78 Å². The second-order valence-corrected chi connectivity index (χ2v) is 6.47. The molecule has 1 atom stereocenters. The zero-order valence-electron chi connectivity index (χ0n) is 15.5. The Morgan fingerprint density at radius 1 is 1.03 bits per heavy atom. The lowest BCUT2D eigenvalue weighted by atomic mass is 10.1. The van der Waals surface area contributed by atoms with Crippen molar-refractivity contribution < 1.29 is 18.8 Å². The third-order valence-corrected chi connectivity index (χ3v) is 4.49. The highest BCUT2D eigenvalue weighted by Crippen LogP contribution is 2.29. The fraction of sp³-hybridized carbons (Fsp3) is 0.0909. The molecular weight excluding hydrogens is 370 g/mol. The van der Waals surface area contributed by atoms with E-state index in [2.05, 4.69) is 10.1 Å². The Morgan fingerprint density at radius 2 is 1.69 bits per heavy atom.